The van der Waals surface area contributed by atoms with Crippen molar-refractivity contribution in [1.82, 2.24) is 10.6 Å². The molecule has 1 aliphatic heterocycles. The van der Waals surface area contributed by atoms with Gasteiger partial charge in [0.05, 0.1) is 6.04 Å². The van der Waals surface area contributed by atoms with E-state index in [4.69, 9.17) is 11.6 Å². The van der Waals surface area contributed by atoms with Gasteiger partial charge in [-0.15, -0.1) is 0 Å². The van der Waals surface area contributed by atoms with Crippen molar-refractivity contribution in [3.8, 4) is 0 Å². The number of amides is 1. The maximum absolute atomic E-state index is 11.8. The third kappa shape index (κ3) is 2.49. The highest BCUT2D eigenvalue weighted by atomic mass is 35.5. The highest BCUT2D eigenvalue weighted by Gasteiger charge is 2.19. The summed E-state index contributed by atoms with van der Waals surface area (Å²) >= 11 is 5.89. The topological polar surface area (TPSA) is 41.1 Å². The molecule has 0 aromatic heterocycles. The maximum atomic E-state index is 11.8. The summed E-state index contributed by atoms with van der Waals surface area (Å²) in [5, 5.41) is 6.63. The molecule has 1 amide bonds. The molecule has 2 rings (SSSR count). The van der Waals surface area contributed by atoms with Gasteiger partial charge in [0, 0.05) is 23.7 Å². The van der Waals surface area contributed by atoms with E-state index < -0.39 is 0 Å². The Balaban J connectivity index is 2.10. The Hall–Kier alpha value is -1.06. The fourth-order valence-corrected chi connectivity index (χ4v) is 1.82. The van der Waals surface area contributed by atoms with Crippen LogP contribution in [0.3, 0.4) is 0 Å². The summed E-state index contributed by atoms with van der Waals surface area (Å²) in [4.78, 5) is 11.8. The average Bonchev–Trinajstić information content (AvgIpc) is 2.09. The van der Waals surface area contributed by atoms with Gasteiger partial charge < -0.3 is 10.6 Å². The van der Waals surface area contributed by atoms with Crippen LogP contribution in [0, 0.1) is 6.92 Å². The minimum Gasteiger partial charge on any atom is -0.347 e. The Morgan fingerprint density at radius 3 is 2.73 bits per heavy atom. The third-order valence-corrected chi connectivity index (χ3v) is 2.64. The zero-order valence-electron chi connectivity index (χ0n) is 8.51. The maximum Gasteiger partial charge on any atom is 0.251 e. The molecule has 2 N–H and O–H groups in total. The lowest BCUT2D eigenvalue weighted by Gasteiger charge is -2.27. The number of hydrogen-bond acceptors (Lipinski definition) is 2. The average molecular weight is 225 g/mol. The van der Waals surface area contributed by atoms with E-state index >= 15 is 0 Å². The number of rotatable bonds is 2. The highest BCUT2D eigenvalue weighted by Crippen LogP contribution is 2.14. The molecule has 1 aromatic rings. The highest BCUT2D eigenvalue weighted by molar-refractivity contribution is 6.31. The van der Waals surface area contributed by atoms with E-state index in [0.29, 0.717) is 10.6 Å². The standard InChI is InChI=1S/C11H13ClN2O/c1-7-2-8(4-9(12)3-7)11(15)14-10-5-13-6-10/h2-4,10,13H,5-6H2,1H3,(H,14,15). The van der Waals surface area contributed by atoms with Crippen molar-refractivity contribution in [2.45, 2.75) is 13.0 Å². The molecule has 1 aliphatic rings. The Morgan fingerprint density at radius 1 is 1.47 bits per heavy atom. The molecule has 0 unspecified atom stereocenters. The molecule has 0 bridgehead atoms. The quantitative estimate of drug-likeness (QED) is 0.796. The van der Waals surface area contributed by atoms with Crippen LogP contribution in [0.15, 0.2) is 18.2 Å². The number of hydrogen-bond donors (Lipinski definition) is 2. The van der Waals surface area contributed by atoms with E-state index in [-0.39, 0.29) is 11.9 Å². The fraction of sp³-hybridized carbons (Fsp3) is 0.364. The van der Waals surface area contributed by atoms with Crippen LogP contribution in [0.25, 0.3) is 0 Å². The lowest BCUT2D eigenvalue weighted by Crippen LogP contribution is -2.56. The van der Waals surface area contributed by atoms with Crippen LogP contribution in [0.1, 0.15) is 15.9 Å². The fourth-order valence-electron chi connectivity index (χ4n) is 1.53. The first-order valence-electron chi connectivity index (χ1n) is 4.94. The zero-order valence-corrected chi connectivity index (χ0v) is 9.27. The molecule has 0 saturated carbocycles. The number of halogens is 1. The van der Waals surface area contributed by atoms with Crippen molar-refractivity contribution in [2.24, 2.45) is 0 Å². The van der Waals surface area contributed by atoms with Gasteiger partial charge in [-0.3, -0.25) is 4.79 Å². The second kappa shape index (κ2) is 4.21. The summed E-state index contributed by atoms with van der Waals surface area (Å²) in [5.74, 6) is -0.0490. The number of carbonyl (C=O) groups is 1. The Bertz CT molecular complexity index is 368. The number of aryl methyl sites for hydroxylation is 1. The molecule has 1 saturated heterocycles. The van der Waals surface area contributed by atoms with E-state index in [1.54, 1.807) is 6.07 Å². The summed E-state index contributed by atoms with van der Waals surface area (Å²) in [7, 11) is 0. The third-order valence-electron chi connectivity index (χ3n) is 2.42. The van der Waals surface area contributed by atoms with Gasteiger partial charge in [0.2, 0.25) is 0 Å². The first kappa shape index (κ1) is 10.5. The lowest BCUT2D eigenvalue weighted by molar-refractivity contribution is 0.0924. The minimum atomic E-state index is -0.0490. The number of carbonyl (C=O) groups excluding carboxylic acids is 1. The molecule has 15 heavy (non-hydrogen) atoms. The van der Waals surface area contributed by atoms with E-state index in [9.17, 15) is 4.79 Å². The van der Waals surface area contributed by atoms with Crippen molar-refractivity contribution in [2.75, 3.05) is 13.1 Å². The van der Waals surface area contributed by atoms with Crippen molar-refractivity contribution < 1.29 is 4.79 Å². The molecule has 4 heteroatoms. The molecule has 0 aliphatic carbocycles. The van der Waals surface area contributed by atoms with E-state index in [1.165, 1.54) is 0 Å². The largest absolute Gasteiger partial charge is 0.347 e. The zero-order chi connectivity index (χ0) is 10.8. The Labute approximate surface area is 93.8 Å². The van der Waals surface area contributed by atoms with Gasteiger partial charge >= 0.3 is 0 Å². The van der Waals surface area contributed by atoms with Crippen LogP contribution in [0.4, 0.5) is 0 Å². The van der Waals surface area contributed by atoms with E-state index in [1.807, 2.05) is 19.1 Å². The van der Waals surface area contributed by atoms with Gasteiger partial charge in [0.25, 0.3) is 5.91 Å². The molecule has 0 radical (unpaired) electrons. The van der Waals surface area contributed by atoms with Crippen LogP contribution in [-0.4, -0.2) is 25.0 Å². The summed E-state index contributed by atoms with van der Waals surface area (Å²) in [6, 6.07) is 5.63. The van der Waals surface area contributed by atoms with Gasteiger partial charge in [0.1, 0.15) is 0 Å². The molecule has 1 aromatic carbocycles. The molecule has 0 spiro atoms. The van der Waals surface area contributed by atoms with Crippen molar-refractivity contribution >= 4 is 17.5 Å². The van der Waals surface area contributed by atoms with Crippen molar-refractivity contribution in [3.05, 3.63) is 34.3 Å². The predicted molar refractivity (Wildman–Crippen MR) is 60.3 cm³/mol. The van der Waals surface area contributed by atoms with Gasteiger partial charge in [-0.2, -0.15) is 0 Å². The lowest BCUT2D eigenvalue weighted by atomic mass is 10.1. The van der Waals surface area contributed by atoms with E-state index in [0.717, 1.165) is 18.7 Å². The Kier molecular flexibility index (Phi) is 2.93. The summed E-state index contributed by atoms with van der Waals surface area (Å²) in [5.41, 5.74) is 1.63. The first-order valence-corrected chi connectivity index (χ1v) is 5.32. The SMILES string of the molecule is Cc1cc(Cl)cc(C(=O)NC2CNC2)c1. The molecule has 1 heterocycles. The van der Waals surface area contributed by atoms with Crippen LogP contribution in [0.2, 0.25) is 5.02 Å². The number of benzene rings is 1. The monoisotopic (exact) mass is 224 g/mol. The second-order valence-corrected chi connectivity index (χ2v) is 4.28. The van der Waals surface area contributed by atoms with Crippen molar-refractivity contribution in [3.63, 3.8) is 0 Å². The summed E-state index contributed by atoms with van der Waals surface area (Å²) in [6.07, 6.45) is 0. The van der Waals surface area contributed by atoms with Gasteiger partial charge in [0.15, 0.2) is 0 Å². The minimum absolute atomic E-state index is 0.0490. The summed E-state index contributed by atoms with van der Waals surface area (Å²) in [6.45, 7) is 3.63. The normalized spacial score (nSPS) is 15.9. The van der Waals surface area contributed by atoms with Crippen molar-refractivity contribution in [1.29, 1.82) is 0 Å². The van der Waals surface area contributed by atoms with Crippen LogP contribution >= 0.6 is 11.6 Å². The Morgan fingerprint density at radius 2 is 2.20 bits per heavy atom. The molecular formula is C11H13ClN2O. The van der Waals surface area contributed by atoms with Crippen LogP contribution < -0.4 is 10.6 Å². The molecule has 80 valence electrons. The predicted octanol–water partition coefficient (Wildman–Crippen LogP) is 1.35. The van der Waals surface area contributed by atoms with Crippen LogP contribution in [-0.2, 0) is 0 Å². The second-order valence-electron chi connectivity index (χ2n) is 3.85. The van der Waals surface area contributed by atoms with Gasteiger partial charge in [-0.05, 0) is 30.7 Å². The van der Waals surface area contributed by atoms with E-state index in [2.05, 4.69) is 10.6 Å². The molecular weight excluding hydrogens is 212 g/mol. The smallest absolute Gasteiger partial charge is 0.251 e. The molecule has 3 nitrogen and oxygen atoms in total. The first-order chi connectivity index (χ1) is 7.15. The molecule has 1 fully saturated rings. The molecule has 0 atom stereocenters. The van der Waals surface area contributed by atoms with Gasteiger partial charge in [-0.1, -0.05) is 11.6 Å². The van der Waals surface area contributed by atoms with Crippen LogP contribution in [0.5, 0.6) is 0 Å². The summed E-state index contributed by atoms with van der Waals surface area (Å²) < 4.78 is 0. The van der Waals surface area contributed by atoms with Gasteiger partial charge in [-0.25, -0.2) is 0 Å². The number of nitrogens with one attached hydrogen (secondary N) is 2.